The van der Waals surface area contributed by atoms with E-state index >= 15 is 0 Å². The molecule has 0 spiro atoms. The van der Waals surface area contributed by atoms with Gasteiger partial charge in [-0.05, 0) is 122 Å². The van der Waals surface area contributed by atoms with Gasteiger partial charge in [0.15, 0.2) is 23.3 Å². The Bertz CT molecular complexity index is 7450. The van der Waals surface area contributed by atoms with E-state index in [1.807, 2.05) is 6.07 Å². The molecule has 6 aromatic heterocycles. The maximum atomic E-state index is 5.76. The lowest BCUT2D eigenvalue weighted by Crippen LogP contribution is -2.07. The predicted molar refractivity (Wildman–Crippen MR) is 459 cm³/mol. The first-order chi connectivity index (χ1) is 55.6. The molecule has 0 amide bonds. The van der Waals surface area contributed by atoms with Crippen LogP contribution in [0.15, 0.2) is 388 Å². The summed E-state index contributed by atoms with van der Waals surface area (Å²) < 4.78 is 9.41. The zero-order chi connectivity index (χ0) is 73.7. The third kappa shape index (κ3) is 10.6. The molecule has 0 aliphatic rings. The molecule has 22 aromatic rings. The smallest absolute Gasteiger partial charge is 0.238 e. The number of fused-ring (bicyclic) bond motifs is 14. The number of rotatable bonds is 13. The van der Waals surface area contributed by atoms with Crippen LogP contribution in [0.1, 0.15) is 0 Å². The van der Waals surface area contributed by atoms with Crippen LogP contribution >= 0.6 is 0 Å². The summed E-state index contributed by atoms with van der Waals surface area (Å²) in [7, 11) is 0. The number of hydrogen-bond acceptors (Lipinski definition) is 6. The minimum Gasteiger partial charge on any atom is -0.307 e. The SMILES string of the molecule is c1ccc(-c2ccc(-c3nc(-c4ccccc4-c4cccc(-c5cc6c7ccccc7n(-c7ccccc7)c6c6c5c5ccccc5n6-c5nc(-c6ccc(-c7ccccc7)cc6)nc(-c6cccc(-c7ccccc7)c6)n5)c4)nc(-n4c5ccccc5c5ccc6c7ccccc7n(-c7ccccc7)c6c54)n3)cc2)cc1. The van der Waals surface area contributed by atoms with E-state index < -0.39 is 0 Å². The monoisotopic (exact) mass is 1430 g/mol. The van der Waals surface area contributed by atoms with Gasteiger partial charge in [0.2, 0.25) is 11.9 Å². The molecule has 16 aromatic carbocycles. The Morgan fingerprint density at radius 1 is 0.161 bits per heavy atom. The number of para-hydroxylation sites is 6. The second-order valence-electron chi connectivity index (χ2n) is 28.5. The molecule has 0 fully saturated rings. The van der Waals surface area contributed by atoms with Gasteiger partial charge in [0.05, 0.1) is 44.1 Å². The lowest BCUT2D eigenvalue weighted by atomic mass is 9.92. The fourth-order valence-electron chi connectivity index (χ4n) is 17.0. The Morgan fingerprint density at radius 3 is 1.01 bits per heavy atom. The maximum absolute atomic E-state index is 5.76. The predicted octanol–water partition coefficient (Wildman–Crippen LogP) is 25.4. The van der Waals surface area contributed by atoms with Gasteiger partial charge in [-0.25, -0.2) is 9.97 Å². The van der Waals surface area contributed by atoms with Gasteiger partial charge in [0, 0.05) is 76.7 Å². The van der Waals surface area contributed by atoms with Crippen LogP contribution in [0, 0.1) is 0 Å². The van der Waals surface area contributed by atoms with Crippen LogP contribution in [0.4, 0.5) is 0 Å². The van der Waals surface area contributed by atoms with E-state index in [1.54, 1.807) is 0 Å². The average molecular weight is 1430 g/mol. The van der Waals surface area contributed by atoms with Crippen LogP contribution in [-0.2, 0) is 0 Å². The van der Waals surface area contributed by atoms with E-state index in [0.29, 0.717) is 35.2 Å². The molecule has 0 bridgehead atoms. The topological polar surface area (TPSA) is 97.1 Å². The Kier molecular flexibility index (Phi) is 15.0. The summed E-state index contributed by atoms with van der Waals surface area (Å²) in [5.41, 5.74) is 24.3. The van der Waals surface area contributed by atoms with Crippen molar-refractivity contribution in [2.45, 2.75) is 0 Å². The van der Waals surface area contributed by atoms with E-state index in [0.717, 1.165) is 176 Å². The fraction of sp³-hybridized carbons (Fsp3) is 0. The molecule has 0 aliphatic heterocycles. The highest BCUT2D eigenvalue weighted by molar-refractivity contribution is 6.28. The Morgan fingerprint density at radius 2 is 0.482 bits per heavy atom. The molecule has 0 N–H and O–H groups in total. The van der Waals surface area contributed by atoms with E-state index in [9.17, 15) is 0 Å². The van der Waals surface area contributed by atoms with Crippen molar-refractivity contribution in [1.82, 2.24) is 48.2 Å². The van der Waals surface area contributed by atoms with Crippen molar-refractivity contribution in [1.29, 1.82) is 0 Å². The number of nitrogens with zero attached hydrogens (tertiary/aromatic N) is 10. The molecule has 0 atom stereocenters. The van der Waals surface area contributed by atoms with Gasteiger partial charge in [-0.15, -0.1) is 0 Å². The van der Waals surface area contributed by atoms with Crippen molar-refractivity contribution in [3.8, 4) is 124 Å². The lowest BCUT2D eigenvalue weighted by molar-refractivity contribution is 0.953. The molecule has 6 heterocycles. The first-order valence-corrected chi connectivity index (χ1v) is 37.8. The summed E-state index contributed by atoms with van der Waals surface area (Å²) in [5, 5.41) is 8.75. The van der Waals surface area contributed by atoms with Gasteiger partial charge in [0.25, 0.3) is 0 Å². The van der Waals surface area contributed by atoms with Crippen LogP contribution in [-0.4, -0.2) is 48.2 Å². The van der Waals surface area contributed by atoms with Crippen molar-refractivity contribution in [3.63, 3.8) is 0 Å². The first-order valence-electron chi connectivity index (χ1n) is 37.8. The molecule has 22 rings (SSSR count). The maximum Gasteiger partial charge on any atom is 0.238 e. The van der Waals surface area contributed by atoms with Crippen LogP contribution in [0.5, 0.6) is 0 Å². The number of hydrogen-bond donors (Lipinski definition) is 0. The molecule has 0 unspecified atom stereocenters. The van der Waals surface area contributed by atoms with Crippen molar-refractivity contribution >= 4 is 87.2 Å². The quantitative estimate of drug-likeness (QED) is 0.114. The molecule has 0 aliphatic carbocycles. The Hall–Kier alpha value is -15.3. The molecular formula is C102H64N10. The highest BCUT2D eigenvalue weighted by atomic mass is 15.2. The Balaban J connectivity index is 0.778. The molecule has 10 nitrogen and oxygen atoms in total. The summed E-state index contributed by atoms with van der Waals surface area (Å²) in [4.78, 5) is 33.7. The van der Waals surface area contributed by atoms with Crippen molar-refractivity contribution in [3.05, 3.63) is 388 Å². The summed E-state index contributed by atoms with van der Waals surface area (Å²) in [5.74, 6) is 3.17. The largest absolute Gasteiger partial charge is 0.307 e. The van der Waals surface area contributed by atoms with Gasteiger partial charge in [-0.2, -0.15) is 19.9 Å². The van der Waals surface area contributed by atoms with Gasteiger partial charge >= 0.3 is 0 Å². The van der Waals surface area contributed by atoms with E-state index in [-0.39, 0.29) is 0 Å². The zero-order valence-corrected chi connectivity index (χ0v) is 60.4. The van der Waals surface area contributed by atoms with E-state index in [2.05, 4.69) is 400 Å². The highest BCUT2D eigenvalue weighted by Crippen LogP contribution is 2.49. The summed E-state index contributed by atoms with van der Waals surface area (Å²) >= 11 is 0. The summed E-state index contributed by atoms with van der Waals surface area (Å²) in [6.07, 6.45) is 0. The van der Waals surface area contributed by atoms with Crippen LogP contribution in [0.3, 0.4) is 0 Å². The lowest BCUT2D eigenvalue weighted by Gasteiger charge is -2.16. The van der Waals surface area contributed by atoms with Gasteiger partial charge in [0.1, 0.15) is 0 Å². The Labute approximate surface area is 644 Å². The van der Waals surface area contributed by atoms with Crippen molar-refractivity contribution < 1.29 is 0 Å². The second kappa shape index (κ2) is 26.3. The number of benzene rings is 16. The van der Waals surface area contributed by atoms with Gasteiger partial charge < -0.3 is 9.13 Å². The van der Waals surface area contributed by atoms with Crippen molar-refractivity contribution in [2.24, 2.45) is 0 Å². The van der Waals surface area contributed by atoms with E-state index in [4.69, 9.17) is 29.9 Å². The fourth-order valence-corrected chi connectivity index (χ4v) is 17.0. The third-order valence-electron chi connectivity index (χ3n) is 22.1. The molecule has 522 valence electrons. The number of aromatic nitrogens is 10. The zero-order valence-electron chi connectivity index (χ0n) is 60.4. The van der Waals surface area contributed by atoms with Gasteiger partial charge in [-0.1, -0.05) is 322 Å². The minimum atomic E-state index is 0.488. The molecule has 0 radical (unpaired) electrons. The van der Waals surface area contributed by atoms with Gasteiger partial charge in [-0.3, -0.25) is 9.13 Å². The molecule has 112 heavy (non-hydrogen) atoms. The molecular weight excluding hydrogens is 1370 g/mol. The van der Waals surface area contributed by atoms with Crippen LogP contribution < -0.4 is 0 Å². The highest BCUT2D eigenvalue weighted by Gasteiger charge is 2.29. The summed E-state index contributed by atoms with van der Waals surface area (Å²) in [6, 6.07) is 138. The molecule has 0 saturated heterocycles. The standard InChI is InChI=1S/C102H64N10/c1-6-28-65(29-7-1)68-52-56-70(57-53-68)97-103-99(75-37-26-34-72(62-75)67-32-10-3-11-33-67)107-101(105-97)112-91-51-25-21-47-85(91)92-86(64-87-81-45-20-23-49-89(81)110(95(87)96(92)112)77-40-14-5-15-41-77)74-36-27-35-73(63-74)78-42-16-17-46-84(78)100-104-98(71-58-54-69(55-59-71)66-30-8-2-9-31-66)106-102(108-100)111-90-50-24-19-44-80(90)83-61-60-82-79-43-18-22-48-88(79)109(93(82)94(83)111)76-38-12-4-13-39-76/h1-64H. The second-order valence-corrected chi connectivity index (χ2v) is 28.5. The molecule has 10 heteroatoms. The average Bonchev–Trinajstić information content (AvgIpc) is 1.55. The van der Waals surface area contributed by atoms with Crippen molar-refractivity contribution in [2.75, 3.05) is 0 Å². The molecule has 0 saturated carbocycles. The normalized spacial score (nSPS) is 11.8. The third-order valence-corrected chi connectivity index (χ3v) is 22.1. The van der Waals surface area contributed by atoms with Crippen LogP contribution in [0.2, 0.25) is 0 Å². The van der Waals surface area contributed by atoms with Crippen LogP contribution in [0.25, 0.3) is 212 Å². The van der Waals surface area contributed by atoms with E-state index in [1.165, 1.54) is 0 Å². The minimum absolute atomic E-state index is 0.488. The first kappa shape index (κ1) is 64.0. The summed E-state index contributed by atoms with van der Waals surface area (Å²) in [6.45, 7) is 0.